The Bertz CT molecular complexity index is 2520. The summed E-state index contributed by atoms with van der Waals surface area (Å²) in [5.74, 6) is -0.166. The molecule has 0 amide bonds. The van der Waals surface area contributed by atoms with Crippen molar-refractivity contribution in [3.05, 3.63) is 134 Å². The zero-order chi connectivity index (χ0) is 39.3. The minimum Gasteiger partial charge on any atom is -0.506 e. The highest BCUT2D eigenvalue weighted by molar-refractivity contribution is 7.86. The number of benzene rings is 5. The fourth-order valence-corrected chi connectivity index (χ4v) is 7.36. The van der Waals surface area contributed by atoms with Crippen LogP contribution in [0.2, 0.25) is 10.0 Å². The number of phenols is 1. The topological polar surface area (TPSA) is 146 Å². The van der Waals surface area contributed by atoms with E-state index >= 15 is 0 Å². The summed E-state index contributed by atoms with van der Waals surface area (Å²) in [4.78, 5) is 12.0. The van der Waals surface area contributed by atoms with Crippen LogP contribution >= 0.6 is 23.2 Å². The number of hydrazine groups is 1. The summed E-state index contributed by atoms with van der Waals surface area (Å²) in [7, 11) is -4.77. The SMILES string of the molecule is CCCCNN(c1ccc(/C=C\c2ccc(/C=C/c3ccc(-c4c5cc(Cl)c(=O)cc-5oc5cc(O)c(Cl)cc45)c(S(=O)(=O)O)c3)cc2)cc1)C(N)CCC. The number of rotatable bonds is 14. The Morgan fingerprint density at radius 2 is 1.40 bits per heavy atom. The lowest BCUT2D eigenvalue weighted by molar-refractivity contribution is 0.474. The molecule has 1 aliphatic heterocycles. The molecule has 0 bridgehead atoms. The molecular weight excluding hydrogens is 757 g/mol. The molecule has 0 aromatic heterocycles. The van der Waals surface area contributed by atoms with Crippen LogP contribution in [0.25, 0.3) is 57.7 Å². The first kappa shape index (κ1) is 39.7. The molecule has 0 saturated heterocycles. The molecule has 6 rings (SSSR count). The average molecular weight is 799 g/mol. The van der Waals surface area contributed by atoms with Crippen molar-refractivity contribution in [1.29, 1.82) is 0 Å². The number of halogens is 2. The molecule has 4 aromatic rings. The number of phenolic OH excluding ortho intramolecular Hbond substituents is 1. The van der Waals surface area contributed by atoms with Crippen LogP contribution in [0, 0.1) is 0 Å². The maximum absolute atomic E-state index is 12.9. The Hall–Kier alpha value is -4.94. The fourth-order valence-electron chi connectivity index (χ4n) is 6.30. The average Bonchev–Trinajstić information content (AvgIpc) is 3.16. The van der Waals surface area contributed by atoms with Gasteiger partial charge in [0.05, 0.1) is 21.9 Å². The molecule has 2 aliphatic rings. The van der Waals surface area contributed by atoms with E-state index in [2.05, 4.69) is 48.5 Å². The monoisotopic (exact) mass is 797 g/mol. The predicted molar refractivity (Wildman–Crippen MR) is 225 cm³/mol. The molecule has 5 N–H and O–H groups in total. The molecule has 1 atom stereocenters. The van der Waals surface area contributed by atoms with E-state index in [1.807, 2.05) is 42.5 Å². The molecule has 0 spiro atoms. The molecular formula is C43H41Cl2N3O6S. The highest BCUT2D eigenvalue weighted by atomic mass is 35.5. The Morgan fingerprint density at radius 1 is 0.800 bits per heavy atom. The van der Waals surface area contributed by atoms with Gasteiger partial charge in [0, 0.05) is 40.8 Å². The van der Waals surface area contributed by atoms with Gasteiger partial charge in [-0.15, -0.1) is 0 Å². The maximum atomic E-state index is 12.9. The summed E-state index contributed by atoms with van der Waals surface area (Å²) in [5.41, 5.74) is 14.8. The number of aromatic hydroxyl groups is 1. The van der Waals surface area contributed by atoms with Crippen LogP contribution < -0.4 is 21.6 Å². The molecule has 55 heavy (non-hydrogen) atoms. The molecule has 1 heterocycles. The predicted octanol–water partition coefficient (Wildman–Crippen LogP) is 10.4. The maximum Gasteiger partial charge on any atom is 0.295 e. The molecule has 0 saturated carbocycles. The normalized spacial score (nSPS) is 12.7. The van der Waals surface area contributed by atoms with Crippen molar-refractivity contribution in [2.45, 2.75) is 50.6 Å². The zero-order valence-corrected chi connectivity index (χ0v) is 32.6. The van der Waals surface area contributed by atoms with Crippen LogP contribution in [0.1, 0.15) is 61.8 Å². The third kappa shape index (κ3) is 9.30. The van der Waals surface area contributed by atoms with Crippen LogP contribution in [-0.2, 0) is 10.1 Å². The van der Waals surface area contributed by atoms with Crippen LogP contribution in [0.4, 0.5) is 5.69 Å². The van der Waals surface area contributed by atoms with Crippen LogP contribution in [0.3, 0.4) is 0 Å². The number of nitrogens with zero attached hydrogens (tertiary/aromatic N) is 1. The van der Waals surface area contributed by atoms with E-state index in [-0.39, 0.29) is 43.8 Å². The van der Waals surface area contributed by atoms with Gasteiger partial charge >= 0.3 is 0 Å². The van der Waals surface area contributed by atoms with E-state index in [0.29, 0.717) is 22.1 Å². The van der Waals surface area contributed by atoms with Gasteiger partial charge in [-0.05, 0) is 65.4 Å². The number of nitrogens with one attached hydrogen (secondary N) is 1. The van der Waals surface area contributed by atoms with Gasteiger partial charge in [-0.25, -0.2) is 5.43 Å². The van der Waals surface area contributed by atoms with Crippen molar-refractivity contribution in [3.63, 3.8) is 0 Å². The van der Waals surface area contributed by atoms with E-state index in [0.717, 1.165) is 54.6 Å². The van der Waals surface area contributed by atoms with E-state index in [4.69, 9.17) is 33.4 Å². The lowest BCUT2D eigenvalue weighted by Crippen LogP contribution is -2.51. The Kier molecular flexibility index (Phi) is 12.5. The molecule has 1 unspecified atom stereocenters. The molecule has 0 fully saturated rings. The number of anilines is 1. The summed E-state index contributed by atoms with van der Waals surface area (Å²) in [6.07, 6.45) is 11.6. The van der Waals surface area contributed by atoms with E-state index in [9.17, 15) is 22.9 Å². The number of nitrogens with two attached hydrogens (primary N) is 1. The molecule has 1 aliphatic carbocycles. The van der Waals surface area contributed by atoms with Crippen molar-refractivity contribution in [3.8, 4) is 28.2 Å². The van der Waals surface area contributed by atoms with Gasteiger partial charge in [-0.3, -0.25) is 14.4 Å². The van der Waals surface area contributed by atoms with Gasteiger partial charge in [-0.2, -0.15) is 8.42 Å². The van der Waals surface area contributed by atoms with Gasteiger partial charge in [0.25, 0.3) is 10.1 Å². The molecule has 284 valence electrons. The third-order valence-electron chi connectivity index (χ3n) is 9.17. The van der Waals surface area contributed by atoms with Gasteiger partial charge < -0.3 is 15.3 Å². The van der Waals surface area contributed by atoms with Crippen molar-refractivity contribution in [2.75, 3.05) is 11.6 Å². The second-order valence-electron chi connectivity index (χ2n) is 13.2. The molecule has 4 aromatic carbocycles. The van der Waals surface area contributed by atoms with Gasteiger partial charge in [0.1, 0.15) is 22.0 Å². The van der Waals surface area contributed by atoms with Gasteiger partial charge in [0.15, 0.2) is 0 Å². The van der Waals surface area contributed by atoms with Gasteiger partial charge in [-0.1, -0.05) is 123 Å². The summed E-state index contributed by atoms with van der Waals surface area (Å²) in [5, 5.41) is 12.5. The van der Waals surface area contributed by atoms with Crippen LogP contribution in [0.15, 0.2) is 105 Å². The van der Waals surface area contributed by atoms with Crippen molar-refractivity contribution in [1.82, 2.24) is 5.43 Å². The fraction of sp³-hybridized carbons (Fsp3) is 0.186. The molecule has 0 radical (unpaired) electrons. The zero-order valence-electron chi connectivity index (χ0n) is 30.3. The number of hydrogen-bond acceptors (Lipinski definition) is 8. The molecule has 12 heteroatoms. The summed E-state index contributed by atoms with van der Waals surface area (Å²) < 4.78 is 42.1. The smallest absolute Gasteiger partial charge is 0.295 e. The number of unbranched alkanes of at least 4 members (excludes halogenated alkanes) is 1. The lowest BCUT2D eigenvalue weighted by Gasteiger charge is -2.31. The van der Waals surface area contributed by atoms with E-state index in [1.54, 1.807) is 18.2 Å². The van der Waals surface area contributed by atoms with Crippen LogP contribution in [0.5, 0.6) is 5.75 Å². The Morgan fingerprint density at radius 3 is 2.00 bits per heavy atom. The summed E-state index contributed by atoms with van der Waals surface area (Å²) in [6, 6.07) is 26.0. The van der Waals surface area contributed by atoms with Crippen molar-refractivity contribution in [2.24, 2.45) is 5.73 Å². The highest BCUT2D eigenvalue weighted by Gasteiger charge is 2.25. The lowest BCUT2D eigenvalue weighted by atomic mass is 9.93. The van der Waals surface area contributed by atoms with Gasteiger partial charge in [0.2, 0.25) is 5.43 Å². The molecule has 9 nitrogen and oxygen atoms in total. The van der Waals surface area contributed by atoms with E-state index < -0.39 is 15.5 Å². The Balaban J connectivity index is 1.24. The second kappa shape index (κ2) is 17.2. The largest absolute Gasteiger partial charge is 0.506 e. The number of fused-ring (bicyclic) bond motifs is 2. The minimum absolute atomic E-state index is 0.0101. The quantitative estimate of drug-likeness (QED) is 0.0211. The summed E-state index contributed by atoms with van der Waals surface area (Å²) in [6.45, 7) is 5.16. The highest BCUT2D eigenvalue weighted by Crippen LogP contribution is 2.45. The van der Waals surface area contributed by atoms with Crippen molar-refractivity contribution < 1.29 is 22.5 Å². The first-order valence-corrected chi connectivity index (χ1v) is 20.1. The van der Waals surface area contributed by atoms with Crippen LogP contribution in [-0.4, -0.2) is 30.8 Å². The first-order valence-electron chi connectivity index (χ1n) is 17.9. The Labute approximate surface area is 330 Å². The summed E-state index contributed by atoms with van der Waals surface area (Å²) >= 11 is 12.5. The first-order chi connectivity index (χ1) is 26.4. The minimum atomic E-state index is -4.77. The number of hydrogen-bond donors (Lipinski definition) is 4. The third-order valence-corrected chi connectivity index (χ3v) is 10.7. The second-order valence-corrected chi connectivity index (χ2v) is 15.4. The van der Waals surface area contributed by atoms with Crippen molar-refractivity contribution >= 4 is 74.3 Å². The standard InChI is InChI=1S/C43H41Cl2N3O6S/c1-3-5-21-47-48(42(46)6-4-2)31-18-15-29(16-19-31)12-11-27-7-9-28(10-8-27)13-14-30-17-20-32(41(22-30)55(51,52)53)43-33-23-35(44)37(49)25-39(33)54-40-26-38(50)36(45)24-34(40)43/h7-20,22-26,42,47,49H,3-6,21,46H2,1-2H3,(H,51,52,53)/b12-11-,14-13+. The van der Waals surface area contributed by atoms with E-state index in [1.165, 1.54) is 30.3 Å².